The van der Waals surface area contributed by atoms with Crippen LogP contribution in [0.4, 0.5) is 4.79 Å². The van der Waals surface area contributed by atoms with E-state index in [4.69, 9.17) is 14.2 Å². The van der Waals surface area contributed by atoms with Crippen LogP contribution in [0.25, 0.3) is 22.3 Å². The molecule has 3 heterocycles. The van der Waals surface area contributed by atoms with Gasteiger partial charge in [0.1, 0.15) is 29.9 Å². The molecule has 0 fully saturated rings. The number of hydrogen-bond acceptors (Lipinski definition) is 7. The van der Waals surface area contributed by atoms with Crippen molar-refractivity contribution in [3.05, 3.63) is 41.9 Å². The van der Waals surface area contributed by atoms with Crippen molar-refractivity contribution in [2.24, 2.45) is 0 Å². The minimum Gasteiger partial charge on any atom is -0.491 e. The van der Waals surface area contributed by atoms with Crippen LogP contribution < -0.4 is 4.74 Å². The van der Waals surface area contributed by atoms with Gasteiger partial charge >= 0.3 is 12.1 Å². The summed E-state index contributed by atoms with van der Waals surface area (Å²) >= 11 is 0. The van der Waals surface area contributed by atoms with Crippen molar-refractivity contribution >= 4 is 23.1 Å². The third-order valence-electron chi connectivity index (χ3n) is 4.93. The summed E-state index contributed by atoms with van der Waals surface area (Å²) < 4.78 is 16.6. The van der Waals surface area contributed by atoms with E-state index in [0.29, 0.717) is 47.7 Å². The lowest BCUT2D eigenvalue weighted by Gasteiger charge is -2.26. The lowest BCUT2D eigenvalue weighted by atomic mass is 10.0. The average Bonchev–Trinajstić information content (AvgIpc) is 3.05. The number of amides is 1. The van der Waals surface area contributed by atoms with Crippen LogP contribution in [0.1, 0.15) is 43.6 Å². The molecule has 9 nitrogen and oxygen atoms in total. The van der Waals surface area contributed by atoms with E-state index in [1.807, 2.05) is 39.0 Å². The van der Waals surface area contributed by atoms with E-state index in [1.165, 1.54) is 6.33 Å². The summed E-state index contributed by atoms with van der Waals surface area (Å²) in [6, 6.07) is 5.65. The standard InChI is InChI=1S/C23H26N4O5/c1-5-30-21(28)16-11-24-20-18(16)19(25-13-26-20)14-6-7-17-15(10-14)12-27(8-9-31-17)22(29)32-23(2,3)4/h6-7,10-11,13H,5,8-9,12H2,1-4H3,(H,24,25,26). The van der Waals surface area contributed by atoms with Gasteiger partial charge in [0.15, 0.2) is 0 Å². The van der Waals surface area contributed by atoms with Gasteiger partial charge in [-0.25, -0.2) is 19.6 Å². The fourth-order valence-corrected chi connectivity index (χ4v) is 3.58. The van der Waals surface area contributed by atoms with Crippen LogP contribution in [0.5, 0.6) is 5.75 Å². The first-order valence-electron chi connectivity index (χ1n) is 10.5. The molecule has 0 bridgehead atoms. The predicted octanol–water partition coefficient (Wildman–Crippen LogP) is 3.93. The Balaban J connectivity index is 1.72. The number of hydrogen-bond donors (Lipinski definition) is 1. The Bertz CT molecular complexity index is 1160. The number of ether oxygens (including phenoxy) is 3. The van der Waals surface area contributed by atoms with E-state index in [-0.39, 0.29) is 12.7 Å². The predicted molar refractivity (Wildman–Crippen MR) is 117 cm³/mol. The molecule has 0 aliphatic carbocycles. The molecule has 0 unspecified atom stereocenters. The molecule has 1 aliphatic heterocycles. The molecule has 3 aromatic rings. The quantitative estimate of drug-likeness (QED) is 0.618. The molecule has 32 heavy (non-hydrogen) atoms. The first-order chi connectivity index (χ1) is 15.3. The molecule has 0 radical (unpaired) electrons. The first kappa shape index (κ1) is 21.6. The van der Waals surface area contributed by atoms with E-state index in [1.54, 1.807) is 18.0 Å². The van der Waals surface area contributed by atoms with Crippen molar-refractivity contribution < 1.29 is 23.8 Å². The number of carbonyl (C=O) groups excluding carboxylic acids is 2. The fraction of sp³-hybridized carbons (Fsp3) is 0.391. The summed E-state index contributed by atoms with van der Waals surface area (Å²) in [7, 11) is 0. The van der Waals surface area contributed by atoms with Gasteiger partial charge in [-0.2, -0.15) is 0 Å². The minimum atomic E-state index is -0.584. The van der Waals surface area contributed by atoms with Gasteiger partial charge in [-0.15, -0.1) is 0 Å². The molecule has 0 spiro atoms. The van der Waals surface area contributed by atoms with Gasteiger partial charge in [-0.3, -0.25) is 0 Å². The second-order valence-electron chi connectivity index (χ2n) is 8.44. The average molecular weight is 438 g/mol. The SMILES string of the molecule is CCOC(=O)c1c[nH]c2ncnc(-c3ccc4c(c3)CN(C(=O)OC(C)(C)C)CCO4)c12. The van der Waals surface area contributed by atoms with Crippen molar-refractivity contribution in [1.82, 2.24) is 19.9 Å². The zero-order valence-corrected chi connectivity index (χ0v) is 18.6. The Morgan fingerprint density at radius 3 is 2.81 bits per heavy atom. The smallest absolute Gasteiger partial charge is 0.410 e. The van der Waals surface area contributed by atoms with Crippen LogP contribution in [0.3, 0.4) is 0 Å². The van der Waals surface area contributed by atoms with E-state index >= 15 is 0 Å². The Morgan fingerprint density at radius 1 is 1.25 bits per heavy atom. The molecule has 0 saturated heterocycles. The third-order valence-corrected chi connectivity index (χ3v) is 4.93. The zero-order chi connectivity index (χ0) is 22.9. The maximum absolute atomic E-state index is 12.6. The van der Waals surface area contributed by atoms with Crippen LogP contribution in [0, 0.1) is 0 Å². The van der Waals surface area contributed by atoms with Crippen LogP contribution in [0.15, 0.2) is 30.7 Å². The van der Waals surface area contributed by atoms with Gasteiger partial charge in [0.2, 0.25) is 0 Å². The van der Waals surface area contributed by atoms with Gasteiger partial charge in [-0.05, 0) is 45.9 Å². The van der Waals surface area contributed by atoms with E-state index in [2.05, 4.69) is 15.0 Å². The van der Waals surface area contributed by atoms with Crippen molar-refractivity contribution in [3.8, 4) is 17.0 Å². The second kappa shape index (κ2) is 8.49. The molecule has 168 valence electrons. The van der Waals surface area contributed by atoms with Crippen molar-refractivity contribution in [2.45, 2.75) is 39.8 Å². The highest BCUT2D eigenvalue weighted by Gasteiger charge is 2.26. The number of H-pyrrole nitrogens is 1. The summed E-state index contributed by atoms with van der Waals surface area (Å²) in [5.74, 6) is 0.258. The molecule has 1 N–H and O–H groups in total. The maximum atomic E-state index is 12.6. The van der Waals surface area contributed by atoms with Gasteiger partial charge < -0.3 is 24.1 Å². The number of aromatic nitrogens is 3. The highest BCUT2D eigenvalue weighted by Crippen LogP contribution is 2.33. The molecule has 9 heteroatoms. The number of benzene rings is 1. The molecule has 1 aromatic carbocycles. The van der Waals surface area contributed by atoms with Crippen molar-refractivity contribution in [3.63, 3.8) is 0 Å². The fourth-order valence-electron chi connectivity index (χ4n) is 3.58. The van der Waals surface area contributed by atoms with Gasteiger partial charge in [0.05, 0.1) is 36.3 Å². The van der Waals surface area contributed by atoms with Crippen molar-refractivity contribution in [2.75, 3.05) is 19.8 Å². The second-order valence-corrected chi connectivity index (χ2v) is 8.44. The largest absolute Gasteiger partial charge is 0.491 e. The summed E-state index contributed by atoms with van der Waals surface area (Å²) in [5.41, 5.74) is 2.52. The Morgan fingerprint density at radius 2 is 2.06 bits per heavy atom. The number of fused-ring (bicyclic) bond motifs is 2. The highest BCUT2D eigenvalue weighted by molar-refractivity contribution is 6.08. The maximum Gasteiger partial charge on any atom is 0.410 e. The number of aromatic amines is 1. The van der Waals surface area contributed by atoms with E-state index < -0.39 is 11.6 Å². The molecule has 0 atom stereocenters. The normalized spacial score (nSPS) is 13.8. The first-order valence-corrected chi connectivity index (χ1v) is 10.5. The highest BCUT2D eigenvalue weighted by atomic mass is 16.6. The number of nitrogens with zero attached hydrogens (tertiary/aromatic N) is 3. The van der Waals surface area contributed by atoms with E-state index in [9.17, 15) is 9.59 Å². The van der Waals surface area contributed by atoms with Crippen LogP contribution in [-0.2, 0) is 16.0 Å². The molecule has 0 saturated carbocycles. The number of esters is 1. The van der Waals surface area contributed by atoms with Gasteiger partial charge in [0, 0.05) is 17.3 Å². The van der Waals surface area contributed by atoms with Gasteiger partial charge in [-0.1, -0.05) is 0 Å². The third kappa shape index (κ3) is 4.37. The number of rotatable bonds is 3. The molecule has 1 aliphatic rings. The zero-order valence-electron chi connectivity index (χ0n) is 18.6. The molecular weight excluding hydrogens is 412 g/mol. The summed E-state index contributed by atoms with van der Waals surface area (Å²) in [4.78, 5) is 38.4. The van der Waals surface area contributed by atoms with Crippen LogP contribution in [-0.4, -0.2) is 57.3 Å². The molecule has 4 rings (SSSR count). The van der Waals surface area contributed by atoms with E-state index in [0.717, 1.165) is 11.1 Å². The lowest BCUT2D eigenvalue weighted by molar-refractivity contribution is 0.0225. The number of carbonyl (C=O) groups is 2. The van der Waals surface area contributed by atoms with Crippen LogP contribution in [0.2, 0.25) is 0 Å². The Hall–Kier alpha value is -3.62. The summed E-state index contributed by atoms with van der Waals surface area (Å²) in [5, 5.41) is 0.587. The summed E-state index contributed by atoms with van der Waals surface area (Å²) in [6.45, 7) is 8.66. The number of nitrogens with one attached hydrogen (secondary N) is 1. The minimum absolute atomic E-state index is 0.269. The topological polar surface area (TPSA) is 107 Å². The Labute approximate surface area is 185 Å². The summed E-state index contributed by atoms with van der Waals surface area (Å²) in [6.07, 6.45) is 2.63. The molecule has 2 aromatic heterocycles. The Kier molecular flexibility index (Phi) is 5.73. The molecule has 1 amide bonds. The monoisotopic (exact) mass is 438 g/mol. The molecular formula is C23H26N4O5. The van der Waals surface area contributed by atoms with Crippen molar-refractivity contribution in [1.29, 1.82) is 0 Å². The lowest BCUT2D eigenvalue weighted by Crippen LogP contribution is -2.37. The van der Waals surface area contributed by atoms with Gasteiger partial charge in [0.25, 0.3) is 0 Å². The van der Waals surface area contributed by atoms with Crippen LogP contribution >= 0.6 is 0 Å².